The van der Waals surface area contributed by atoms with Crippen LogP contribution >= 0.6 is 0 Å². The summed E-state index contributed by atoms with van der Waals surface area (Å²) in [6, 6.07) is 10.3. The molecule has 0 unspecified atom stereocenters. The number of ether oxygens (including phenoxy) is 1. The Labute approximate surface area is 127 Å². The lowest BCUT2D eigenvalue weighted by Crippen LogP contribution is -2.14. The maximum atomic E-state index is 5.96. The van der Waals surface area contributed by atoms with Crippen LogP contribution in [-0.4, -0.2) is 12.0 Å². The van der Waals surface area contributed by atoms with Crippen LogP contribution in [0.2, 0.25) is 0 Å². The maximum Gasteiger partial charge on any atom is 0.150 e. The highest BCUT2D eigenvalue weighted by Gasteiger charge is 2.17. The van der Waals surface area contributed by atoms with Crippen LogP contribution in [0.3, 0.4) is 0 Å². The highest BCUT2D eigenvalue weighted by Crippen LogP contribution is 2.30. The number of pyridine rings is 1. The molecule has 0 aliphatic heterocycles. The Kier molecular flexibility index (Phi) is 4.97. The van der Waals surface area contributed by atoms with E-state index in [2.05, 4.69) is 43.2 Å². The lowest BCUT2D eigenvalue weighted by Gasteiger charge is -2.23. The van der Waals surface area contributed by atoms with Crippen LogP contribution in [0.5, 0.6) is 11.5 Å². The highest BCUT2D eigenvalue weighted by atomic mass is 16.5. The van der Waals surface area contributed by atoms with E-state index in [1.165, 1.54) is 5.56 Å². The first kappa shape index (κ1) is 15.5. The molecule has 2 rings (SSSR count). The first-order valence-corrected chi connectivity index (χ1v) is 7.42. The van der Waals surface area contributed by atoms with Crippen LogP contribution < -0.4 is 10.1 Å². The van der Waals surface area contributed by atoms with Gasteiger partial charge < -0.3 is 10.1 Å². The summed E-state index contributed by atoms with van der Waals surface area (Å²) in [6.45, 7) is 7.49. The molecule has 1 N–H and O–H groups in total. The molecule has 0 fully saturated rings. The molecule has 0 aliphatic carbocycles. The summed E-state index contributed by atoms with van der Waals surface area (Å²) >= 11 is 0. The molecule has 21 heavy (non-hydrogen) atoms. The first-order valence-electron chi connectivity index (χ1n) is 7.42. The van der Waals surface area contributed by atoms with Gasteiger partial charge in [-0.2, -0.15) is 0 Å². The zero-order valence-electron chi connectivity index (χ0n) is 13.3. The summed E-state index contributed by atoms with van der Waals surface area (Å²) in [4.78, 5) is 4.14. The van der Waals surface area contributed by atoms with Gasteiger partial charge in [0.1, 0.15) is 11.5 Å². The average molecular weight is 284 g/mol. The second-order valence-corrected chi connectivity index (χ2v) is 5.88. The molecular formula is C18H24N2O. The lowest BCUT2D eigenvalue weighted by atomic mass is 9.82. The number of hydrogen-bond acceptors (Lipinski definition) is 3. The second kappa shape index (κ2) is 6.72. The zero-order valence-corrected chi connectivity index (χ0v) is 13.3. The van der Waals surface area contributed by atoms with Crippen LogP contribution in [0.4, 0.5) is 0 Å². The van der Waals surface area contributed by atoms with Crippen LogP contribution in [0.25, 0.3) is 0 Å². The Morgan fingerprint density at radius 3 is 2.48 bits per heavy atom. The number of nitrogens with zero attached hydrogens (tertiary/aromatic N) is 1. The fourth-order valence-electron chi connectivity index (χ4n) is 2.14. The van der Waals surface area contributed by atoms with Gasteiger partial charge in [0.15, 0.2) is 0 Å². The molecule has 0 saturated carbocycles. The van der Waals surface area contributed by atoms with Gasteiger partial charge in [0.05, 0.1) is 6.20 Å². The van der Waals surface area contributed by atoms with E-state index in [9.17, 15) is 0 Å². The molecule has 1 heterocycles. The topological polar surface area (TPSA) is 34.1 Å². The van der Waals surface area contributed by atoms with Gasteiger partial charge in [-0.15, -0.1) is 0 Å². The van der Waals surface area contributed by atoms with Crippen molar-refractivity contribution in [3.8, 4) is 11.5 Å². The third-order valence-electron chi connectivity index (χ3n) is 3.98. The van der Waals surface area contributed by atoms with Crippen molar-refractivity contribution in [2.45, 2.75) is 39.2 Å². The van der Waals surface area contributed by atoms with Gasteiger partial charge in [0.25, 0.3) is 0 Å². The van der Waals surface area contributed by atoms with Crippen LogP contribution in [0.1, 0.15) is 38.3 Å². The minimum atomic E-state index is 0.199. The van der Waals surface area contributed by atoms with Crippen molar-refractivity contribution in [2.24, 2.45) is 0 Å². The first-order chi connectivity index (χ1) is 10.1. The summed E-state index contributed by atoms with van der Waals surface area (Å²) < 4.78 is 5.96. The number of rotatable bonds is 6. The number of benzene rings is 1. The zero-order chi connectivity index (χ0) is 15.3. The Balaban J connectivity index is 2.18. The standard InChI is InChI=1S/C18H24N2O/c1-5-18(2,3)15-6-8-16(9-7-15)21-17-13-20-11-10-14(17)12-19-4/h6-11,13,19H,5,12H2,1-4H3. The van der Waals surface area contributed by atoms with E-state index in [0.29, 0.717) is 0 Å². The van der Waals surface area contributed by atoms with Crippen molar-refractivity contribution < 1.29 is 4.74 Å². The van der Waals surface area contributed by atoms with Crippen LogP contribution in [-0.2, 0) is 12.0 Å². The molecule has 0 atom stereocenters. The minimum absolute atomic E-state index is 0.199. The molecule has 3 heteroatoms. The van der Waals surface area contributed by atoms with Gasteiger partial charge in [-0.25, -0.2) is 0 Å². The number of nitrogens with one attached hydrogen (secondary N) is 1. The predicted octanol–water partition coefficient (Wildman–Crippen LogP) is 4.28. The Morgan fingerprint density at radius 1 is 1.14 bits per heavy atom. The summed E-state index contributed by atoms with van der Waals surface area (Å²) in [6.07, 6.45) is 4.66. The quantitative estimate of drug-likeness (QED) is 0.859. The monoisotopic (exact) mass is 284 g/mol. The molecule has 2 aromatic rings. The average Bonchev–Trinajstić information content (AvgIpc) is 2.50. The van der Waals surface area contributed by atoms with Gasteiger partial charge in [-0.1, -0.05) is 32.9 Å². The molecular weight excluding hydrogens is 260 g/mol. The van der Waals surface area contributed by atoms with E-state index >= 15 is 0 Å². The number of aromatic nitrogens is 1. The minimum Gasteiger partial charge on any atom is -0.455 e. The van der Waals surface area contributed by atoms with Crippen molar-refractivity contribution in [1.29, 1.82) is 0 Å². The normalized spacial score (nSPS) is 11.4. The maximum absolute atomic E-state index is 5.96. The molecule has 0 saturated heterocycles. The van der Waals surface area contributed by atoms with Gasteiger partial charge in [-0.05, 0) is 42.6 Å². The van der Waals surface area contributed by atoms with E-state index in [0.717, 1.165) is 30.0 Å². The van der Waals surface area contributed by atoms with Crippen molar-refractivity contribution >= 4 is 0 Å². The molecule has 3 nitrogen and oxygen atoms in total. The summed E-state index contributed by atoms with van der Waals surface area (Å²) in [5.74, 6) is 1.64. The molecule has 0 aliphatic rings. The van der Waals surface area contributed by atoms with Gasteiger partial charge in [0.2, 0.25) is 0 Å². The fourth-order valence-corrected chi connectivity index (χ4v) is 2.14. The smallest absolute Gasteiger partial charge is 0.150 e. The Morgan fingerprint density at radius 2 is 1.86 bits per heavy atom. The van der Waals surface area contributed by atoms with Crippen molar-refractivity contribution in [1.82, 2.24) is 10.3 Å². The van der Waals surface area contributed by atoms with E-state index in [1.807, 2.05) is 25.2 Å². The number of hydrogen-bond donors (Lipinski definition) is 1. The highest BCUT2D eigenvalue weighted by molar-refractivity contribution is 5.37. The van der Waals surface area contributed by atoms with Crippen LogP contribution in [0.15, 0.2) is 42.7 Å². The summed E-state index contributed by atoms with van der Waals surface area (Å²) in [5.41, 5.74) is 2.63. The van der Waals surface area contributed by atoms with Crippen molar-refractivity contribution in [3.63, 3.8) is 0 Å². The third kappa shape index (κ3) is 3.82. The Hall–Kier alpha value is -1.87. The molecule has 0 spiro atoms. The third-order valence-corrected chi connectivity index (χ3v) is 3.98. The molecule has 0 amide bonds. The van der Waals surface area contributed by atoms with E-state index < -0.39 is 0 Å². The van der Waals surface area contributed by atoms with E-state index in [1.54, 1.807) is 12.4 Å². The van der Waals surface area contributed by atoms with Gasteiger partial charge in [0, 0.05) is 18.3 Å². The fraction of sp³-hybridized carbons (Fsp3) is 0.389. The molecule has 1 aromatic heterocycles. The van der Waals surface area contributed by atoms with E-state index in [-0.39, 0.29) is 5.41 Å². The van der Waals surface area contributed by atoms with Crippen molar-refractivity contribution in [3.05, 3.63) is 53.9 Å². The van der Waals surface area contributed by atoms with Crippen LogP contribution in [0, 0.1) is 0 Å². The second-order valence-electron chi connectivity index (χ2n) is 5.88. The molecule has 0 bridgehead atoms. The van der Waals surface area contributed by atoms with Gasteiger partial charge >= 0.3 is 0 Å². The largest absolute Gasteiger partial charge is 0.455 e. The predicted molar refractivity (Wildman–Crippen MR) is 86.8 cm³/mol. The van der Waals surface area contributed by atoms with Crippen molar-refractivity contribution in [2.75, 3.05) is 7.05 Å². The summed E-state index contributed by atoms with van der Waals surface area (Å²) in [5, 5.41) is 3.14. The summed E-state index contributed by atoms with van der Waals surface area (Å²) in [7, 11) is 1.92. The molecule has 112 valence electrons. The lowest BCUT2D eigenvalue weighted by molar-refractivity contribution is 0.468. The van der Waals surface area contributed by atoms with E-state index in [4.69, 9.17) is 4.74 Å². The Bertz CT molecular complexity index is 576. The SMILES string of the molecule is CCC(C)(C)c1ccc(Oc2cnccc2CNC)cc1. The van der Waals surface area contributed by atoms with Gasteiger partial charge in [-0.3, -0.25) is 4.98 Å². The molecule has 1 aromatic carbocycles. The molecule has 0 radical (unpaired) electrons.